The summed E-state index contributed by atoms with van der Waals surface area (Å²) in [6, 6.07) is 4.03. The van der Waals surface area contributed by atoms with E-state index in [0.29, 0.717) is 16.0 Å². The molecule has 122 valence electrons. The molecule has 2 heterocycles. The van der Waals surface area contributed by atoms with Crippen LogP contribution in [-0.2, 0) is 6.54 Å². The molecule has 9 heteroatoms. The fraction of sp³-hybridized carbons (Fsp3) is 0.286. The Morgan fingerprint density at radius 3 is 2.43 bits per heavy atom. The Kier molecular flexibility index (Phi) is 4.48. The first kappa shape index (κ1) is 16.7. The van der Waals surface area contributed by atoms with Gasteiger partial charge < -0.3 is 4.57 Å². The smallest absolute Gasteiger partial charge is 0.306 e. The van der Waals surface area contributed by atoms with Crippen LogP contribution in [0.4, 0.5) is 19.1 Å². The number of hydrogen-bond acceptors (Lipinski definition) is 4. The van der Waals surface area contributed by atoms with E-state index >= 15 is 0 Å². The van der Waals surface area contributed by atoms with E-state index in [-0.39, 0.29) is 5.95 Å². The fourth-order valence-electron chi connectivity index (χ4n) is 1.98. The van der Waals surface area contributed by atoms with E-state index in [0.717, 1.165) is 12.3 Å². The Bertz CT molecular complexity index is 779. The lowest BCUT2D eigenvalue weighted by molar-refractivity contribution is -0.141. The van der Waals surface area contributed by atoms with Crippen LogP contribution in [0.1, 0.15) is 21.7 Å². The van der Waals surface area contributed by atoms with Gasteiger partial charge in [-0.3, -0.25) is 14.9 Å². The number of halogens is 3. The van der Waals surface area contributed by atoms with Crippen molar-refractivity contribution >= 4 is 11.9 Å². The van der Waals surface area contributed by atoms with Crippen molar-refractivity contribution in [2.45, 2.75) is 26.6 Å². The maximum Gasteiger partial charge on any atom is 0.406 e. The molecule has 0 spiro atoms. The minimum absolute atomic E-state index is 0.0156. The van der Waals surface area contributed by atoms with Crippen molar-refractivity contribution in [3.8, 4) is 0 Å². The van der Waals surface area contributed by atoms with Crippen LogP contribution in [0, 0.1) is 13.8 Å². The summed E-state index contributed by atoms with van der Waals surface area (Å²) in [5.74, 6) is -0.880. The van der Waals surface area contributed by atoms with Crippen molar-refractivity contribution in [3.63, 3.8) is 0 Å². The highest BCUT2D eigenvalue weighted by Gasteiger charge is 2.29. The quantitative estimate of drug-likeness (QED) is 0.937. The molecule has 2 rings (SSSR count). The van der Waals surface area contributed by atoms with E-state index < -0.39 is 29.8 Å². The number of aromatic nitrogens is 3. The van der Waals surface area contributed by atoms with Gasteiger partial charge in [-0.1, -0.05) is 0 Å². The number of nitrogens with one attached hydrogen (secondary N) is 1. The number of rotatable bonds is 3. The monoisotopic (exact) mass is 326 g/mol. The molecule has 2 aromatic rings. The molecule has 1 amide bonds. The predicted molar refractivity (Wildman–Crippen MR) is 76.2 cm³/mol. The first-order chi connectivity index (χ1) is 10.7. The highest BCUT2D eigenvalue weighted by Crippen LogP contribution is 2.16. The summed E-state index contributed by atoms with van der Waals surface area (Å²) in [7, 11) is 0. The zero-order chi connectivity index (χ0) is 17.2. The molecule has 1 N–H and O–H groups in total. The van der Waals surface area contributed by atoms with Crippen LogP contribution >= 0.6 is 0 Å². The number of anilines is 1. The number of carbonyl (C=O) groups is 1. The van der Waals surface area contributed by atoms with Crippen molar-refractivity contribution in [1.82, 2.24) is 14.5 Å². The van der Waals surface area contributed by atoms with Crippen LogP contribution < -0.4 is 10.9 Å². The summed E-state index contributed by atoms with van der Waals surface area (Å²) in [6.45, 7) is 1.93. The lowest BCUT2D eigenvalue weighted by Gasteiger charge is -2.10. The standard InChI is InChI=1S/C14H13F3N4O2/c1-8-6-9(2)19-13(18-8)20-11(22)10-4-3-5-21(12(10)23)7-14(15,16)17/h3-6H,7H2,1-2H3,(H,18,19,20,22). The predicted octanol–water partition coefficient (Wildman–Crippen LogP) is 2.07. The molecule has 0 bridgehead atoms. The van der Waals surface area contributed by atoms with Gasteiger partial charge in [0.15, 0.2) is 0 Å². The van der Waals surface area contributed by atoms with Gasteiger partial charge in [-0.05, 0) is 32.0 Å². The van der Waals surface area contributed by atoms with Crippen LogP contribution in [-0.4, -0.2) is 26.6 Å². The summed E-state index contributed by atoms with van der Waals surface area (Å²) in [5, 5.41) is 2.32. The van der Waals surface area contributed by atoms with Gasteiger partial charge in [0.25, 0.3) is 11.5 Å². The Morgan fingerprint density at radius 1 is 1.26 bits per heavy atom. The second kappa shape index (κ2) is 6.19. The normalized spacial score (nSPS) is 11.3. The molecule has 0 aliphatic rings. The number of pyridine rings is 1. The highest BCUT2D eigenvalue weighted by molar-refractivity contribution is 6.03. The van der Waals surface area contributed by atoms with Crippen LogP contribution in [0.3, 0.4) is 0 Å². The van der Waals surface area contributed by atoms with E-state index in [1.54, 1.807) is 19.9 Å². The molecule has 0 fully saturated rings. The van der Waals surface area contributed by atoms with E-state index in [9.17, 15) is 22.8 Å². The van der Waals surface area contributed by atoms with Gasteiger partial charge in [0.05, 0.1) is 0 Å². The van der Waals surface area contributed by atoms with E-state index in [4.69, 9.17) is 0 Å². The Balaban J connectivity index is 2.29. The number of aryl methyl sites for hydroxylation is 2. The average molecular weight is 326 g/mol. The first-order valence-corrected chi connectivity index (χ1v) is 6.55. The second-order valence-electron chi connectivity index (χ2n) is 4.90. The molecular weight excluding hydrogens is 313 g/mol. The molecule has 0 saturated heterocycles. The topological polar surface area (TPSA) is 76.9 Å². The lowest BCUT2D eigenvalue weighted by Crippen LogP contribution is -2.33. The van der Waals surface area contributed by atoms with Crippen molar-refractivity contribution in [2.24, 2.45) is 0 Å². The molecule has 0 aromatic carbocycles. The Hall–Kier alpha value is -2.71. The molecular formula is C14H13F3N4O2. The number of carbonyl (C=O) groups excluding carboxylic acids is 1. The van der Waals surface area contributed by atoms with Crippen LogP contribution in [0.25, 0.3) is 0 Å². The molecule has 0 aliphatic carbocycles. The Morgan fingerprint density at radius 2 is 1.87 bits per heavy atom. The molecule has 0 unspecified atom stereocenters. The number of amides is 1. The molecule has 0 atom stereocenters. The van der Waals surface area contributed by atoms with Gasteiger partial charge in [-0.2, -0.15) is 13.2 Å². The maximum absolute atomic E-state index is 12.4. The molecule has 0 saturated carbocycles. The van der Waals surface area contributed by atoms with Crippen LogP contribution in [0.5, 0.6) is 0 Å². The van der Waals surface area contributed by atoms with E-state index in [1.165, 1.54) is 6.07 Å². The molecule has 0 radical (unpaired) electrons. The number of hydrogen-bond donors (Lipinski definition) is 1. The molecule has 6 nitrogen and oxygen atoms in total. The van der Waals surface area contributed by atoms with E-state index in [2.05, 4.69) is 15.3 Å². The summed E-state index contributed by atoms with van der Waals surface area (Å²) < 4.78 is 37.7. The Labute approximate surface area is 129 Å². The van der Waals surface area contributed by atoms with E-state index in [1.807, 2.05) is 0 Å². The lowest BCUT2D eigenvalue weighted by atomic mass is 10.2. The largest absolute Gasteiger partial charge is 0.406 e. The fourth-order valence-corrected chi connectivity index (χ4v) is 1.98. The third-order valence-corrected chi connectivity index (χ3v) is 2.82. The maximum atomic E-state index is 12.4. The van der Waals surface area contributed by atoms with Crippen LogP contribution in [0.2, 0.25) is 0 Å². The summed E-state index contributed by atoms with van der Waals surface area (Å²) >= 11 is 0. The van der Waals surface area contributed by atoms with Gasteiger partial charge >= 0.3 is 6.18 Å². The average Bonchev–Trinajstić information content (AvgIpc) is 2.38. The molecule has 23 heavy (non-hydrogen) atoms. The summed E-state index contributed by atoms with van der Waals surface area (Å²) in [6.07, 6.45) is -3.59. The SMILES string of the molecule is Cc1cc(C)nc(NC(=O)c2cccn(CC(F)(F)F)c2=O)n1. The van der Waals surface area contributed by atoms with Gasteiger partial charge in [-0.25, -0.2) is 9.97 Å². The zero-order valence-electron chi connectivity index (χ0n) is 12.3. The number of nitrogens with zero attached hydrogens (tertiary/aromatic N) is 3. The first-order valence-electron chi connectivity index (χ1n) is 6.55. The van der Waals surface area contributed by atoms with Crippen molar-refractivity contribution in [2.75, 3.05) is 5.32 Å². The minimum Gasteiger partial charge on any atom is -0.306 e. The zero-order valence-corrected chi connectivity index (χ0v) is 12.3. The second-order valence-corrected chi connectivity index (χ2v) is 4.90. The van der Waals surface area contributed by atoms with Crippen LogP contribution in [0.15, 0.2) is 29.2 Å². The highest BCUT2D eigenvalue weighted by atomic mass is 19.4. The molecule has 2 aromatic heterocycles. The summed E-state index contributed by atoms with van der Waals surface area (Å²) in [5.41, 5.74) is -0.239. The summed E-state index contributed by atoms with van der Waals surface area (Å²) in [4.78, 5) is 32.0. The third kappa shape index (κ3) is 4.38. The van der Waals surface area contributed by atoms with Gasteiger partial charge in [-0.15, -0.1) is 0 Å². The van der Waals surface area contributed by atoms with Crippen molar-refractivity contribution in [3.05, 3.63) is 51.7 Å². The van der Waals surface area contributed by atoms with Gasteiger partial charge in [0.2, 0.25) is 5.95 Å². The minimum atomic E-state index is -4.56. The van der Waals surface area contributed by atoms with Gasteiger partial charge in [0, 0.05) is 17.6 Å². The molecule has 0 aliphatic heterocycles. The van der Waals surface area contributed by atoms with Gasteiger partial charge in [0.1, 0.15) is 12.1 Å². The van der Waals surface area contributed by atoms with Crippen molar-refractivity contribution in [1.29, 1.82) is 0 Å². The third-order valence-electron chi connectivity index (χ3n) is 2.82. The number of alkyl halides is 3. The van der Waals surface area contributed by atoms with Crippen molar-refractivity contribution < 1.29 is 18.0 Å².